The molecule has 226 valence electrons. The van der Waals surface area contributed by atoms with Crippen molar-refractivity contribution in [2.75, 3.05) is 20.2 Å². The number of carbonyl (C=O) groups excluding carboxylic acids is 1. The van der Waals surface area contributed by atoms with Gasteiger partial charge in [0.2, 0.25) is 6.29 Å². The van der Waals surface area contributed by atoms with E-state index in [1.807, 2.05) is 13.0 Å². The van der Waals surface area contributed by atoms with E-state index in [2.05, 4.69) is 10.6 Å². The quantitative estimate of drug-likeness (QED) is 0.199. The molecule has 0 aromatic carbocycles. The molecule has 0 spiro atoms. The van der Waals surface area contributed by atoms with Gasteiger partial charge in [-0.3, -0.25) is 0 Å². The molecule has 1 aliphatic carbocycles. The summed E-state index contributed by atoms with van der Waals surface area (Å²) in [5.74, 6) is 0.125. The van der Waals surface area contributed by atoms with Crippen LogP contribution in [0.2, 0.25) is 0 Å². The van der Waals surface area contributed by atoms with Crippen LogP contribution in [-0.4, -0.2) is 108 Å². The number of hydrogen-bond acceptors (Lipinski definition) is 12. The van der Waals surface area contributed by atoms with Crippen molar-refractivity contribution in [1.29, 1.82) is 0 Å². The van der Waals surface area contributed by atoms with Gasteiger partial charge in [-0.05, 0) is 60.1 Å². The first-order valence-electron chi connectivity index (χ1n) is 13.7. The van der Waals surface area contributed by atoms with Gasteiger partial charge in [0.25, 0.3) is 0 Å². The lowest BCUT2D eigenvalue weighted by Gasteiger charge is -2.48. The highest BCUT2D eigenvalue weighted by Crippen LogP contribution is 2.35. The summed E-state index contributed by atoms with van der Waals surface area (Å²) in [5, 5.41) is 38.6. The van der Waals surface area contributed by atoms with Crippen molar-refractivity contribution in [3.05, 3.63) is 11.8 Å². The van der Waals surface area contributed by atoms with Crippen molar-refractivity contribution in [3.63, 3.8) is 0 Å². The maximum Gasteiger partial charge on any atom is 0.408 e. The van der Waals surface area contributed by atoms with Crippen LogP contribution in [0.1, 0.15) is 53.9 Å². The Hall–Kier alpha value is -1.55. The third-order valence-electron chi connectivity index (χ3n) is 7.36. The van der Waals surface area contributed by atoms with Crippen molar-refractivity contribution >= 4 is 6.09 Å². The maximum atomic E-state index is 12.5. The number of ether oxygens (including phenoxy) is 5. The molecule has 2 fully saturated rings. The molecular formula is C26H48N4O9. The Labute approximate surface area is 230 Å². The topological polar surface area (TPSA) is 200 Å². The third-order valence-corrected chi connectivity index (χ3v) is 7.36. The Morgan fingerprint density at radius 3 is 2.33 bits per heavy atom. The molecular weight excluding hydrogens is 512 g/mol. The third kappa shape index (κ3) is 8.02. The monoisotopic (exact) mass is 560 g/mol. The Bertz CT molecular complexity index is 852. The molecule has 3 aliphatic rings. The second-order valence-corrected chi connectivity index (χ2v) is 12.0. The Kier molecular flexibility index (Phi) is 10.6. The first kappa shape index (κ1) is 32.0. The van der Waals surface area contributed by atoms with Gasteiger partial charge in [-0.1, -0.05) is 6.92 Å². The van der Waals surface area contributed by atoms with Gasteiger partial charge >= 0.3 is 6.09 Å². The Morgan fingerprint density at radius 1 is 1.15 bits per heavy atom. The molecule has 0 bridgehead atoms. The molecule has 3 rings (SSSR count). The predicted octanol–water partition coefficient (Wildman–Crippen LogP) is -0.587. The molecule has 39 heavy (non-hydrogen) atoms. The average Bonchev–Trinajstić information content (AvgIpc) is 2.81. The van der Waals surface area contributed by atoms with E-state index in [-0.39, 0.29) is 13.0 Å². The molecule has 9 N–H and O–H groups in total. The summed E-state index contributed by atoms with van der Waals surface area (Å²) in [6, 6.07) is -1.96. The fraction of sp³-hybridized carbons (Fsp3) is 0.885. The van der Waals surface area contributed by atoms with Gasteiger partial charge in [0.05, 0.1) is 24.8 Å². The van der Waals surface area contributed by atoms with Crippen molar-refractivity contribution in [1.82, 2.24) is 10.6 Å². The van der Waals surface area contributed by atoms with Crippen LogP contribution in [-0.2, 0) is 23.7 Å². The molecule has 2 heterocycles. The van der Waals surface area contributed by atoms with E-state index < -0.39 is 78.3 Å². The molecule has 13 nitrogen and oxygen atoms in total. The summed E-state index contributed by atoms with van der Waals surface area (Å²) in [4.78, 5) is 12.5. The van der Waals surface area contributed by atoms with Crippen LogP contribution in [0, 0.1) is 5.92 Å². The number of aliphatic hydroxyl groups excluding tert-OH is 2. The van der Waals surface area contributed by atoms with E-state index in [1.165, 1.54) is 0 Å². The lowest BCUT2D eigenvalue weighted by Crippen LogP contribution is -2.66. The summed E-state index contributed by atoms with van der Waals surface area (Å²) >= 11 is 0. The summed E-state index contributed by atoms with van der Waals surface area (Å²) in [6.07, 6.45) is -4.10. The second kappa shape index (κ2) is 13.0. The fourth-order valence-corrected chi connectivity index (χ4v) is 5.41. The van der Waals surface area contributed by atoms with Crippen molar-refractivity contribution in [2.24, 2.45) is 17.4 Å². The number of hydrogen-bond donors (Lipinski definition) is 7. The highest BCUT2D eigenvalue weighted by atomic mass is 16.7. The molecule has 2 unspecified atom stereocenters. The van der Waals surface area contributed by atoms with Crippen molar-refractivity contribution in [3.8, 4) is 0 Å². The van der Waals surface area contributed by atoms with E-state index in [4.69, 9.17) is 35.2 Å². The van der Waals surface area contributed by atoms with Gasteiger partial charge in [-0.15, -0.1) is 0 Å². The number of nitrogens with one attached hydrogen (secondary N) is 2. The number of amides is 1. The molecule has 1 amide bonds. The SMILES string of the molecule is CC[C@@H]1[C@@H](O)[C@@H](O[C@@H]2C(O)[C@H](O[C@H]3OC(CNC)=CCC3NC(=O)OC(C)(C)C)[C@@H](N)C[C@H]2N)OC[C@]1(C)O. The van der Waals surface area contributed by atoms with Crippen LogP contribution >= 0.6 is 0 Å². The normalized spacial score (nSPS) is 41.4. The largest absolute Gasteiger partial charge is 0.466 e. The first-order chi connectivity index (χ1) is 18.2. The minimum absolute atomic E-state index is 0.0424. The highest BCUT2D eigenvalue weighted by molar-refractivity contribution is 5.68. The average molecular weight is 561 g/mol. The van der Waals surface area contributed by atoms with Crippen LogP contribution in [0.4, 0.5) is 4.79 Å². The van der Waals surface area contributed by atoms with E-state index in [9.17, 15) is 20.1 Å². The zero-order valence-electron chi connectivity index (χ0n) is 23.8. The second-order valence-electron chi connectivity index (χ2n) is 12.0. The molecule has 2 aliphatic heterocycles. The lowest BCUT2D eigenvalue weighted by molar-refractivity contribution is -0.312. The minimum atomic E-state index is -1.30. The van der Waals surface area contributed by atoms with Gasteiger partial charge in [-0.2, -0.15) is 0 Å². The van der Waals surface area contributed by atoms with Crippen molar-refractivity contribution < 1.29 is 43.8 Å². The van der Waals surface area contributed by atoms with E-state index in [0.717, 1.165) is 0 Å². The predicted molar refractivity (Wildman–Crippen MR) is 141 cm³/mol. The number of carbonyl (C=O) groups is 1. The smallest absolute Gasteiger partial charge is 0.408 e. The zero-order chi connectivity index (χ0) is 29.1. The lowest BCUT2D eigenvalue weighted by atomic mass is 9.80. The number of alkyl carbamates (subject to hydrolysis) is 1. The van der Waals surface area contributed by atoms with Gasteiger partial charge in [0.15, 0.2) is 6.29 Å². The number of aliphatic hydroxyl groups is 3. The van der Waals surface area contributed by atoms with E-state index in [0.29, 0.717) is 25.1 Å². The maximum absolute atomic E-state index is 12.5. The number of nitrogens with two attached hydrogens (primary N) is 2. The first-order valence-corrected chi connectivity index (χ1v) is 13.7. The van der Waals surface area contributed by atoms with Crippen LogP contribution in [0.5, 0.6) is 0 Å². The molecule has 1 saturated carbocycles. The molecule has 11 atom stereocenters. The van der Waals surface area contributed by atoms with E-state index >= 15 is 0 Å². The van der Waals surface area contributed by atoms with Gasteiger partial charge in [0, 0.05) is 18.0 Å². The molecule has 0 radical (unpaired) electrons. The standard InChI is InChI=1S/C26H48N4O9/c1-7-14-18(31)23(35-12-26(14,5)34)38-21-16(28)10-15(27)20(19(21)32)37-22-17(9-8-13(36-22)11-29-6)30-24(33)39-25(2,3)4/h8,14-23,29,31-32,34H,7,9-12,27-28H2,1-6H3,(H,30,33)/t14-,15+,16-,17?,18-,19?,20-,21+,22-,23-,26+/m1/s1. The van der Waals surface area contributed by atoms with Crippen LogP contribution in [0.25, 0.3) is 0 Å². The van der Waals surface area contributed by atoms with Crippen molar-refractivity contribution in [2.45, 2.75) is 120 Å². The minimum Gasteiger partial charge on any atom is -0.466 e. The van der Waals surface area contributed by atoms with Gasteiger partial charge in [-0.25, -0.2) is 4.79 Å². The van der Waals surface area contributed by atoms with Gasteiger partial charge in [0.1, 0.15) is 35.8 Å². The summed E-state index contributed by atoms with van der Waals surface area (Å²) < 4.78 is 29.3. The van der Waals surface area contributed by atoms with Crippen LogP contribution < -0.4 is 22.1 Å². The summed E-state index contributed by atoms with van der Waals surface area (Å²) in [5.41, 5.74) is 10.8. The fourth-order valence-electron chi connectivity index (χ4n) is 5.41. The summed E-state index contributed by atoms with van der Waals surface area (Å²) in [6.45, 7) is 9.15. The Morgan fingerprint density at radius 2 is 1.77 bits per heavy atom. The van der Waals surface area contributed by atoms with E-state index in [1.54, 1.807) is 34.7 Å². The van der Waals surface area contributed by atoms with Crippen LogP contribution in [0.15, 0.2) is 11.8 Å². The Balaban J connectivity index is 1.74. The highest BCUT2D eigenvalue weighted by Gasteiger charge is 2.50. The number of rotatable bonds is 8. The van der Waals surface area contributed by atoms with Crippen LogP contribution in [0.3, 0.4) is 0 Å². The number of likely N-dealkylation sites (N-methyl/N-ethyl adjacent to an activating group) is 1. The molecule has 0 aromatic rings. The van der Waals surface area contributed by atoms with Gasteiger partial charge < -0.3 is 61.1 Å². The molecule has 0 aromatic heterocycles. The molecule has 1 saturated heterocycles. The molecule has 13 heteroatoms. The summed E-state index contributed by atoms with van der Waals surface area (Å²) in [7, 11) is 1.78. The zero-order valence-corrected chi connectivity index (χ0v) is 23.8.